The molecule has 0 amide bonds. The minimum Gasteiger partial charge on any atom is -0.339 e. The monoisotopic (exact) mass is 271 g/mol. The van der Waals surface area contributed by atoms with E-state index in [1.807, 2.05) is 0 Å². The van der Waals surface area contributed by atoms with Gasteiger partial charge in [-0.05, 0) is 30.4 Å². The molecule has 2 aliphatic rings. The smallest absolute Gasteiger partial charge is 0.186 e. The molecule has 1 aromatic carbocycles. The lowest BCUT2D eigenvalue weighted by Gasteiger charge is -2.15. The van der Waals surface area contributed by atoms with Crippen LogP contribution in [0.25, 0.3) is 0 Å². The van der Waals surface area contributed by atoms with Gasteiger partial charge in [-0.3, -0.25) is 0 Å². The Hall–Kier alpha value is -1.39. The van der Waals surface area contributed by atoms with Crippen LogP contribution in [0.3, 0.4) is 0 Å². The quantitative estimate of drug-likeness (QED) is 0.867. The second kappa shape index (κ2) is 4.32. The third-order valence-electron chi connectivity index (χ3n) is 4.09. The second-order valence-electron chi connectivity index (χ2n) is 5.43. The highest BCUT2D eigenvalue weighted by Crippen LogP contribution is 2.38. The number of thiazole rings is 1. The van der Waals surface area contributed by atoms with E-state index >= 15 is 0 Å². The molecule has 4 heteroatoms. The highest BCUT2D eigenvalue weighted by molar-refractivity contribution is 7.15. The average molecular weight is 271 g/mol. The Kier molecular flexibility index (Phi) is 2.60. The summed E-state index contributed by atoms with van der Waals surface area (Å²) in [7, 11) is 0. The van der Waals surface area contributed by atoms with Crippen molar-refractivity contribution in [3.63, 3.8) is 0 Å². The molecule has 1 aliphatic carbocycles. The highest BCUT2D eigenvalue weighted by atomic mass is 32.1. The molecule has 0 fully saturated rings. The lowest BCUT2D eigenvalue weighted by atomic mass is 9.99. The molecule has 0 radical (unpaired) electrons. The summed E-state index contributed by atoms with van der Waals surface area (Å²) in [6, 6.07) is 8.87. The minimum atomic E-state index is 0.208. The van der Waals surface area contributed by atoms with Crippen molar-refractivity contribution in [3.05, 3.63) is 46.0 Å². The maximum atomic E-state index is 6.19. The predicted molar refractivity (Wildman–Crippen MR) is 78.3 cm³/mol. The summed E-state index contributed by atoms with van der Waals surface area (Å²) >= 11 is 1.80. The summed E-state index contributed by atoms with van der Waals surface area (Å²) in [4.78, 5) is 8.52. The Labute approximate surface area is 117 Å². The molecular weight excluding hydrogens is 254 g/mol. The average Bonchev–Trinajstić information content (AvgIpc) is 3.02. The molecule has 0 spiro atoms. The first kappa shape index (κ1) is 11.4. The van der Waals surface area contributed by atoms with Gasteiger partial charge in [-0.15, -0.1) is 0 Å². The third kappa shape index (κ3) is 1.86. The van der Waals surface area contributed by atoms with Gasteiger partial charge >= 0.3 is 0 Å². The number of fused-ring (bicyclic) bond motifs is 2. The van der Waals surface area contributed by atoms with Crippen LogP contribution >= 0.6 is 11.3 Å². The van der Waals surface area contributed by atoms with E-state index in [9.17, 15) is 0 Å². The third-order valence-corrected chi connectivity index (χ3v) is 5.38. The van der Waals surface area contributed by atoms with Gasteiger partial charge in [0, 0.05) is 24.0 Å². The fourth-order valence-electron chi connectivity index (χ4n) is 3.04. The Balaban J connectivity index is 1.65. The van der Waals surface area contributed by atoms with E-state index in [0.29, 0.717) is 0 Å². The molecule has 2 heterocycles. The van der Waals surface area contributed by atoms with E-state index in [1.165, 1.54) is 28.1 Å². The number of rotatable bonds is 1. The fraction of sp³-hybridized carbons (Fsp3) is 0.400. The second-order valence-corrected chi connectivity index (χ2v) is 6.44. The van der Waals surface area contributed by atoms with Gasteiger partial charge < -0.3 is 10.6 Å². The first-order chi connectivity index (χ1) is 9.31. The standard InChI is InChI=1S/C15H17N3S/c16-12-6-3-7-13-14(12)19-15(17-13)18-8-10-4-1-2-5-11(10)9-18/h1-2,4-5,12H,3,6-9,16H2. The van der Waals surface area contributed by atoms with Crippen molar-refractivity contribution in [1.29, 1.82) is 0 Å². The van der Waals surface area contributed by atoms with E-state index in [2.05, 4.69) is 29.2 Å². The number of nitrogens with zero attached hydrogens (tertiary/aromatic N) is 2. The minimum absolute atomic E-state index is 0.208. The SMILES string of the molecule is NC1CCCc2nc(N3Cc4ccccc4C3)sc21. The fourth-order valence-corrected chi connectivity index (χ4v) is 4.19. The van der Waals surface area contributed by atoms with Crippen LogP contribution in [0.1, 0.15) is 40.6 Å². The number of anilines is 1. The van der Waals surface area contributed by atoms with Crippen molar-refractivity contribution < 1.29 is 0 Å². The summed E-state index contributed by atoms with van der Waals surface area (Å²) in [6.45, 7) is 1.97. The molecule has 1 atom stereocenters. The van der Waals surface area contributed by atoms with Gasteiger partial charge in [-0.2, -0.15) is 0 Å². The van der Waals surface area contributed by atoms with Crippen LogP contribution in [0.5, 0.6) is 0 Å². The van der Waals surface area contributed by atoms with E-state index in [1.54, 1.807) is 11.3 Å². The van der Waals surface area contributed by atoms with Crippen molar-refractivity contribution in [3.8, 4) is 0 Å². The molecule has 2 aromatic rings. The molecule has 0 saturated carbocycles. The molecule has 0 saturated heterocycles. The number of benzene rings is 1. The van der Waals surface area contributed by atoms with Crippen molar-refractivity contribution in [2.45, 2.75) is 38.4 Å². The Morgan fingerprint density at radius 1 is 1.21 bits per heavy atom. The lowest BCUT2D eigenvalue weighted by molar-refractivity contribution is 0.573. The van der Waals surface area contributed by atoms with Crippen LogP contribution in [0.15, 0.2) is 24.3 Å². The zero-order valence-electron chi connectivity index (χ0n) is 10.8. The zero-order valence-corrected chi connectivity index (χ0v) is 11.6. The number of aromatic nitrogens is 1. The molecule has 3 nitrogen and oxygen atoms in total. The van der Waals surface area contributed by atoms with Gasteiger partial charge in [0.1, 0.15) is 0 Å². The first-order valence-corrected chi connectivity index (χ1v) is 7.70. The van der Waals surface area contributed by atoms with Gasteiger partial charge in [-0.1, -0.05) is 35.6 Å². The summed E-state index contributed by atoms with van der Waals surface area (Å²) in [6.07, 6.45) is 3.38. The van der Waals surface area contributed by atoms with Gasteiger partial charge in [0.2, 0.25) is 0 Å². The van der Waals surface area contributed by atoms with Gasteiger partial charge in [0.15, 0.2) is 5.13 Å². The van der Waals surface area contributed by atoms with E-state index < -0.39 is 0 Å². The normalized spacial score (nSPS) is 21.3. The molecule has 1 aliphatic heterocycles. The highest BCUT2D eigenvalue weighted by Gasteiger charge is 2.26. The molecule has 19 heavy (non-hydrogen) atoms. The van der Waals surface area contributed by atoms with Gasteiger partial charge in [0.05, 0.1) is 5.69 Å². The lowest BCUT2D eigenvalue weighted by Crippen LogP contribution is -2.15. The van der Waals surface area contributed by atoms with E-state index in [4.69, 9.17) is 10.7 Å². The van der Waals surface area contributed by atoms with Crippen LogP contribution in [0.4, 0.5) is 5.13 Å². The summed E-state index contributed by atoms with van der Waals surface area (Å²) in [5.41, 5.74) is 10.3. The van der Waals surface area contributed by atoms with Crippen molar-refractivity contribution in [2.75, 3.05) is 4.90 Å². The zero-order chi connectivity index (χ0) is 12.8. The Morgan fingerprint density at radius 2 is 1.95 bits per heavy atom. The van der Waals surface area contributed by atoms with Crippen LogP contribution in [-0.2, 0) is 19.5 Å². The predicted octanol–water partition coefficient (Wildman–Crippen LogP) is 3.00. The van der Waals surface area contributed by atoms with Crippen LogP contribution in [-0.4, -0.2) is 4.98 Å². The van der Waals surface area contributed by atoms with Crippen LogP contribution in [0.2, 0.25) is 0 Å². The topological polar surface area (TPSA) is 42.1 Å². The summed E-state index contributed by atoms with van der Waals surface area (Å²) < 4.78 is 0. The summed E-state index contributed by atoms with van der Waals surface area (Å²) in [5.74, 6) is 0. The number of aryl methyl sites for hydroxylation is 1. The summed E-state index contributed by atoms with van der Waals surface area (Å²) in [5, 5.41) is 1.15. The number of hydrogen-bond acceptors (Lipinski definition) is 4. The van der Waals surface area contributed by atoms with Crippen molar-refractivity contribution in [2.24, 2.45) is 5.73 Å². The van der Waals surface area contributed by atoms with Crippen molar-refractivity contribution >= 4 is 16.5 Å². The largest absolute Gasteiger partial charge is 0.339 e. The van der Waals surface area contributed by atoms with Crippen LogP contribution < -0.4 is 10.6 Å². The molecule has 4 rings (SSSR count). The first-order valence-electron chi connectivity index (χ1n) is 6.88. The molecule has 1 unspecified atom stereocenters. The van der Waals surface area contributed by atoms with Crippen LogP contribution in [0, 0.1) is 0 Å². The maximum Gasteiger partial charge on any atom is 0.186 e. The molecule has 1 aromatic heterocycles. The Morgan fingerprint density at radius 3 is 2.63 bits per heavy atom. The number of nitrogens with two attached hydrogens (primary N) is 1. The Bertz CT molecular complexity index is 595. The molecular formula is C15H17N3S. The number of hydrogen-bond donors (Lipinski definition) is 1. The van der Waals surface area contributed by atoms with Gasteiger partial charge in [-0.25, -0.2) is 4.98 Å². The van der Waals surface area contributed by atoms with Crippen molar-refractivity contribution in [1.82, 2.24) is 4.98 Å². The van der Waals surface area contributed by atoms with E-state index in [-0.39, 0.29) is 6.04 Å². The van der Waals surface area contributed by atoms with E-state index in [0.717, 1.165) is 31.1 Å². The maximum absolute atomic E-state index is 6.19. The molecule has 2 N–H and O–H groups in total. The molecule has 0 bridgehead atoms. The molecule has 98 valence electrons. The van der Waals surface area contributed by atoms with Gasteiger partial charge in [0.25, 0.3) is 0 Å².